The first kappa shape index (κ1) is 6.40. The number of amides is 1. The van der Waals surface area contributed by atoms with E-state index in [1.807, 2.05) is 0 Å². The van der Waals surface area contributed by atoms with Crippen molar-refractivity contribution in [1.29, 1.82) is 0 Å². The fourth-order valence-corrected chi connectivity index (χ4v) is 0.161. The van der Waals surface area contributed by atoms with Crippen molar-refractivity contribution in [2.24, 2.45) is 0 Å². The topological polar surface area (TPSA) is 29.1 Å². The lowest BCUT2D eigenvalue weighted by molar-refractivity contribution is -0.110. The van der Waals surface area contributed by atoms with Gasteiger partial charge in [0.1, 0.15) is 6.67 Å². The molecule has 0 aromatic carbocycles. The van der Waals surface area contributed by atoms with Crippen LogP contribution in [0.5, 0.6) is 0 Å². The molecule has 1 N–H and O–H groups in total. The normalized spacial score (nSPS) is 12.9. The van der Waals surface area contributed by atoms with E-state index in [4.69, 9.17) is 0 Å². The van der Waals surface area contributed by atoms with Gasteiger partial charge in [0.05, 0.1) is 6.04 Å². The summed E-state index contributed by atoms with van der Waals surface area (Å²) >= 11 is 0. The van der Waals surface area contributed by atoms with Gasteiger partial charge in [-0.25, -0.2) is 4.39 Å². The van der Waals surface area contributed by atoms with E-state index in [9.17, 15) is 9.18 Å². The van der Waals surface area contributed by atoms with Crippen molar-refractivity contribution in [1.82, 2.24) is 5.32 Å². The molecular weight excluding hydrogens is 97.0 g/mol. The summed E-state index contributed by atoms with van der Waals surface area (Å²) in [6.45, 7) is 1.09. The first-order valence-corrected chi connectivity index (χ1v) is 2.07. The fourth-order valence-electron chi connectivity index (χ4n) is 0.161. The third kappa shape index (κ3) is 3.22. The highest BCUT2D eigenvalue weighted by Crippen LogP contribution is 1.76. The van der Waals surface area contributed by atoms with Crippen molar-refractivity contribution in [2.45, 2.75) is 13.0 Å². The Kier molecular flexibility index (Phi) is 3.28. The summed E-state index contributed by atoms with van der Waals surface area (Å²) in [5, 5.41) is 2.24. The van der Waals surface area contributed by atoms with Crippen molar-refractivity contribution in [3.8, 4) is 0 Å². The first-order chi connectivity index (χ1) is 3.31. The van der Waals surface area contributed by atoms with Gasteiger partial charge < -0.3 is 5.32 Å². The summed E-state index contributed by atoms with van der Waals surface area (Å²) in [5.41, 5.74) is 0. The Labute approximate surface area is 41.7 Å². The molecule has 0 heterocycles. The molecule has 42 valence electrons. The minimum atomic E-state index is -0.501. The lowest BCUT2D eigenvalue weighted by Crippen LogP contribution is -2.25. The van der Waals surface area contributed by atoms with Crippen LogP contribution < -0.4 is 5.32 Å². The maximum absolute atomic E-state index is 11.4. The molecule has 2 nitrogen and oxygen atoms in total. The van der Waals surface area contributed by atoms with Crippen LogP contribution >= 0.6 is 0 Å². The van der Waals surface area contributed by atoms with E-state index in [0.29, 0.717) is 6.41 Å². The average Bonchev–Trinajstić information content (AvgIpc) is 1.68. The van der Waals surface area contributed by atoms with Gasteiger partial charge in [0, 0.05) is 0 Å². The van der Waals surface area contributed by atoms with Crippen LogP contribution in [0.4, 0.5) is 4.39 Å². The quantitative estimate of drug-likeness (QED) is 0.506. The van der Waals surface area contributed by atoms with Crippen molar-refractivity contribution < 1.29 is 9.18 Å². The maximum atomic E-state index is 11.4. The summed E-state index contributed by atoms with van der Waals surface area (Å²) in [4.78, 5) is 9.50. The molecule has 0 saturated carbocycles. The second kappa shape index (κ2) is 3.59. The van der Waals surface area contributed by atoms with Crippen LogP contribution in [0.25, 0.3) is 0 Å². The summed E-state index contributed by atoms with van der Waals surface area (Å²) in [7, 11) is 0. The van der Waals surface area contributed by atoms with Crippen molar-refractivity contribution in [2.75, 3.05) is 6.67 Å². The van der Waals surface area contributed by atoms with Crippen molar-refractivity contribution in [3.63, 3.8) is 0 Å². The molecule has 0 bridgehead atoms. The third-order valence-corrected chi connectivity index (χ3v) is 0.584. The van der Waals surface area contributed by atoms with Gasteiger partial charge in [0.25, 0.3) is 0 Å². The van der Waals surface area contributed by atoms with E-state index >= 15 is 0 Å². The number of halogens is 1. The monoisotopic (exact) mass is 105 g/mol. The van der Waals surface area contributed by atoms with Crippen LogP contribution in [0.2, 0.25) is 0 Å². The van der Waals surface area contributed by atoms with Gasteiger partial charge in [-0.15, -0.1) is 0 Å². The number of carbonyl (C=O) groups excluding carboxylic acids is 1. The zero-order valence-electron chi connectivity index (χ0n) is 4.15. The Morgan fingerprint density at radius 2 is 2.57 bits per heavy atom. The SMILES string of the molecule is C[C@H](CF)NC=O. The summed E-state index contributed by atoms with van der Waals surface area (Å²) < 4.78 is 11.4. The molecule has 0 radical (unpaired) electrons. The van der Waals surface area contributed by atoms with E-state index < -0.39 is 6.67 Å². The molecule has 0 aliphatic heterocycles. The molecule has 0 unspecified atom stereocenters. The molecule has 0 spiro atoms. The minimum Gasteiger partial charge on any atom is -0.354 e. The van der Waals surface area contributed by atoms with E-state index in [2.05, 4.69) is 5.32 Å². The van der Waals surface area contributed by atoms with Crippen molar-refractivity contribution >= 4 is 6.41 Å². The number of rotatable bonds is 3. The van der Waals surface area contributed by atoms with Crippen LogP contribution in [0.3, 0.4) is 0 Å². The molecule has 3 heteroatoms. The van der Waals surface area contributed by atoms with Crippen molar-refractivity contribution in [3.05, 3.63) is 0 Å². The van der Waals surface area contributed by atoms with Gasteiger partial charge in [-0.1, -0.05) is 0 Å². The zero-order chi connectivity index (χ0) is 5.70. The van der Waals surface area contributed by atoms with Gasteiger partial charge in [0.15, 0.2) is 0 Å². The standard InChI is InChI=1S/C4H8FNO/c1-4(2-5)6-3-7/h3-4H,2H2,1H3,(H,6,7)/t4-/m1/s1. The third-order valence-electron chi connectivity index (χ3n) is 0.584. The molecule has 0 rings (SSSR count). The predicted octanol–water partition coefficient (Wildman–Crippen LogP) is 0.0904. The minimum absolute atomic E-state index is 0.336. The van der Waals surface area contributed by atoms with Gasteiger partial charge in [-0.3, -0.25) is 4.79 Å². The van der Waals surface area contributed by atoms with Crippen LogP contribution in [-0.2, 0) is 4.79 Å². The number of hydrogen-bond donors (Lipinski definition) is 1. The Balaban J connectivity index is 2.98. The molecule has 0 aliphatic rings. The van der Waals surface area contributed by atoms with Crippen LogP contribution in [0, 0.1) is 0 Å². The van der Waals surface area contributed by atoms with Crippen LogP contribution in [-0.4, -0.2) is 19.1 Å². The van der Waals surface area contributed by atoms with E-state index in [1.165, 1.54) is 0 Å². The molecule has 0 aromatic heterocycles. The molecule has 0 aliphatic carbocycles. The highest BCUT2D eigenvalue weighted by atomic mass is 19.1. The summed E-state index contributed by atoms with van der Waals surface area (Å²) in [6, 6.07) is -0.336. The Bertz CT molecular complexity index is 57.7. The average molecular weight is 105 g/mol. The van der Waals surface area contributed by atoms with Crippen LogP contribution in [0.15, 0.2) is 0 Å². The molecule has 0 saturated heterocycles. The predicted molar refractivity (Wildman–Crippen MR) is 24.6 cm³/mol. The summed E-state index contributed by atoms with van der Waals surface area (Å²) in [6.07, 6.45) is 0.490. The van der Waals surface area contributed by atoms with Crippen LogP contribution in [0.1, 0.15) is 6.92 Å². The van der Waals surface area contributed by atoms with E-state index in [0.717, 1.165) is 0 Å². The molecule has 1 atom stereocenters. The van der Waals surface area contributed by atoms with Gasteiger partial charge in [-0.05, 0) is 6.92 Å². The number of alkyl halides is 1. The molecule has 7 heavy (non-hydrogen) atoms. The smallest absolute Gasteiger partial charge is 0.207 e. The maximum Gasteiger partial charge on any atom is 0.207 e. The van der Waals surface area contributed by atoms with Gasteiger partial charge in [-0.2, -0.15) is 0 Å². The second-order valence-electron chi connectivity index (χ2n) is 1.34. The molecular formula is C4H8FNO. The van der Waals surface area contributed by atoms with Gasteiger partial charge in [0.2, 0.25) is 6.41 Å². The lowest BCUT2D eigenvalue weighted by Gasteiger charge is -2.00. The van der Waals surface area contributed by atoms with E-state index in [-0.39, 0.29) is 6.04 Å². The Morgan fingerprint density at radius 1 is 2.00 bits per heavy atom. The molecule has 0 aromatic rings. The highest BCUT2D eigenvalue weighted by Gasteiger charge is 1.93. The molecule has 0 fully saturated rings. The Hall–Kier alpha value is -0.600. The summed E-state index contributed by atoms with van der Waals surface area (Å²) in [5.74, 6) is 0. The number of carbonyl (C=O) groups is 1. The largest absolute Gasteiger partial charge is 0.354 e. The second-order valence-corrected chi connectivity index (χ2v) is 1.34. The highest BCUT2D eigenvalue weighted by molar-refractivity contribution is 5.46. The lowest BCUT2D eigenvalue weighted by atomic mass is 10.4. The van der Waals surface area contributed by atoms with Gasteiger partial charge >= 0.3 is 0 Å². The Morgan fingerprint density at radius 3 is 2.71 bits per heavy atom. The number of nitrogens with one attached hydrogen (secondary N) is 1. The zero-order valence-corrected chi connectivity index (χ0v) is 4.15. The van der Waals surface area contributed by atoms with E-state index in [1.54, 1.807) is 6.92 Å². The molecule has 1 amide bonds. The first-order valence-electron chi connectivity index (χ1n) is 2.07. The number of hydrogen-bond acceptors (Lipinski definition) is 1. The fraction of sp³-hybridized carbons (Fsp3) is 0.750.